The second-order valence-electron chi connectivity index (χ2n) is 4.04. The average molecular weight is 195 g/mol. The summed E-state index contributed by atoms with van der Waals surface area (Å²) < 4.78 is 5.27. The predicted molar refractivity (Wildman–Crippen MR) is 53.1 cm³/mol. The summed E-state index contributed by atoms with van der Waals surface area (Å²) in [7, 11) is 0. The van der Waals surface area contributed by atoms with E-state index in [9.17, 15) is 0 Å². The molecular formula is C10H17N3O. The van der Waals surface area contributed by atoms with Crippen molar-refractivity contribution >= 4 is 0 Å². The van der Waals surface area contributed by atoms with Gasteiger partial charge in [0.25, 0.3) is 0 Å². The molecule has 0 aromatic carbocycles. The fraction of sp³-hybridized carbons (Fsp3) is 0.800. The third-order valence-corrected chi connectivity index (χ3v) is 2.79. The van der Waals surface area contributed by atoms with Crippen LogP contribution in [0.3, 0.4) is 0 Å². The van der Waals surface area contributed by atoms with Gasteiger partial charge >= 0.3 is 0 Å². The lowest BCUT2D eigenvalue weighted by molar-refractivity contribution is 0.336. The van der Waals surface area contributed by atoms with Gasteiger partial charge in [0.05, 0.1) is 5.92 Å². The summed E-state index contributed by atoms with van der Waals surface area (Å²) in [6.07, 6.45) is 1.98. The van der Waals surface area contributed by atoms with Crippen LogP contribution in [0.2, 0.25) is 0 Å². The van der Waals surface area contributed by atoms with Gasteiger partial charge in [-0.2, -0.15) is 4.98 Å². The first-order valence-electron chi connectivity index (χ1n) is 5.34. The van der Waals surface area contributed by atoms with Crippen molar-refractivity contribution in [3.8, 4) is 0 Å². The van der Waals surface area contributed by atoms with Crippen LogP contribution in [0.4, 0.5) is 0 Å². The minimum absolute atomic E-state index is 0.410. The molecule has 0 spiro atoms. The molecule has 2 rings (SSSR count). The van der Waals surface area contributed by atoms with Crippen LogP contribution in [0.15, 0.2) is 4.52 Å². The Hall–Kier alpha value is -0.900. The van der Waals surface area contributed by atoms with E-state index in [0.29, 0.717) is 11.8 Å². The fourth-order valence-corrected chi connectivity index (χ4v) is 1.88. The molecule has 1 aromatic heterocycles. The summed E-state index contributed by atoms with van der Waals surface area (Å²) in [5.74, 6) is 2.67. The Balaban J connectivity index is 2.08. The van der Waals surface area contributed by atoms with Crippen molar-refractivity contribution in [2.45, 2.75) is 32.6 Å². The maximum absolute atomic E-state index is 5.27. The largest absolute Gasteiger partial charge is 0.339 e. The SMILES string of the molecule is CCCc1noc(C2CNCC2C)n1. The molecule has 1 aromatic rings. The number of aromatic nitrogens is 2. The highest BCUT2D eigenvalue weighted by atomic mass is 16.5. The van der Waals surface area contributed by atoms with E-state index < -0.39 is 0 Å². The number of nitrogens with one attached hydrogen (secondary N) is 1. The van der Waals surface area contributed by atoms with E-state index in [0.717, 1.165) is 37.6 Å². The van der Waals surface area contributed by atoms with Crippen LogP contribution < -0.4 is 5.32 Å². The zero-order chi connectivity index (χ0) is 9.97. The Bertz CT molecular complexity index is 297. The van der Waals surface area contributed by atoms with Crippen LogP contribution in [-0.2, 0) is 6.42 Å². The molecule has 2 atom stereocenters. The Morgan fingerprint density at radius 2 is 2.36 bits per heavy atom. The second kappa shape index (κ2) is 4.09. The highest BCUT2D eigenvalue weighted by molar-refractivity contribution is 5.00. The zero-order valence-electron chi connectivity index (χ0n) is 8.79. The standard InChI is InChI=1S/C10H17N3O/c1-3-4-9-12-10(14-13-9)8-6-11-5-7(8)2/h7-8,11H,3-6H2,1-2H3. The van der Waals surface area contributed by atoms with Crippen molar-refractivity contribution in [3.63, 3.8) is 0 Å². The smallest absolute Gasteiger partial charge is 0.231 e. The first kappa shape index (κ1) is 9.65. The molecule has 4 heteroatoms. The van der Waals surface area contributed by atoms with Gasteiger partial charge in [-0.05, 0) is 18.9 Å². The van der Waals surface area contributed by atoms with E-state index in [4.69, 9.17) is 4.52 Å². The summed E-state index contributed by atoms with van der Waals surface area (Å²) in [5, 5.41) is 7.31. The molecule has 1 saturated heterocycles. The molecule has 14 heavy (non-hydrogen) atoms. The van der Waals surface area contributed by atoms with Crippen LogP contribution in [-0.4, -0.2) is 23.2 Å². The lowest BCUT2D eigenvalue weighted by Crippen LogP contribution is -2.08. The van der Waals surface area contributed by atoms with E-state index in [1.807, 2.05) is 0 Å². The molecule has 2 heterocycles. The lowest BCUT2D eigenvalue weighted by atomic mass is 9.98. The molecular weight excluding hydrogens is 178 g/mol. The van der Waals surface area contributed by atoms with Gasteiger partial charge in [0.15, 0.2) is 5.82 Å². The number of rotatable bonds is 3. The molecule has 2 unspecified atom stereocenters. The topological polar surface area (TPSA) is 51.0 Å². The highest BCUT2D eigenvalue weighted by Crippen LogP contribution is 2.26. The van der Waals surface area contributed by atoms with Crippen molar-refractivity contribution in [1.82, 2.24) is 15.5 Å². The Morgan fingerprint density at radius 3 is 3.00 bits per heavy atom. The summed E-state index contributed by atoms with van der Waals surface area (Å²) >= 11 is 0. The summed E-state index contributed by atoms with van der Waals surface area (Å²) in [5.41, 5.74) is 0. The van der Waals surface area contributed by atoms with Gasteiger partial charge in [0.1, 0.15) is 0 Å². The fourth-order valence-electron chi connectivity index (χ4n) is 1.88. The molecule has 0 bridgehead atoms. The molecule has 1 aliphatic rings. The molecule has 1 N–H and O–H groups in total. The van der Waals surface area contributed by atoms with E-state index in [1.165, 1.54) is 0 Å². The predicted octanol–water partition coefficient (Wildman–Crippen LogP) is 1.34. The van der Waals surface area contributed by atoms with Crippen molar-refractivity contribution in [3.05, 3.63) is 11.7 Å². The molecule has 0 aliphatic carbocycles. The molecule has 0 amide bonds. The van der Waals surface area contributed by atoms with Crippen LogP contribution in [0.25, 0.3) is 0 Å². The van der Waals surface area contributed by atoms with Gasteiger partial charge in [0.2, 0.25) is 5.89 Å². The minimum Gasteiger partial charge on any atom is -0.339 e. The minimum atomic E-state index is 0.410. The number of hydrogen-bond acceptors (Lipinski definition) is 4. The third kappa shape index (κ3) is 1.80. The van der Waals surface area contributed by atoms with E-state index >= 15 is 0 Å². The van der Waals surface area contributed by atoms with Gasteiger partial charge in [-0.3, -0.25) is 0 Å². The summed E-state index contributed by atoms with van der Waals surface area (Å²) in [6, 6.07) is 0. The van der Waals surface area contributed by atoms with Crippen LogP contribution >= 0.6 is 0 Å². The van der Waals surface area contributed by atoms with Crippen molar-refractivity contribution in [2.75, 3.05) is 13.1 Å². The highest BCUT2D eigenvalue weighted by Gasteiger charge is 2.29. The first-order chi connectivity index (χ1) is 6.81. The van der Waals surface area contributed by atoms with E-state index in [-0.39, 0.29) is 0 Å². The van der Waals surface area contributed by atoms with E-state index in [2.05, 4.69) is 29.3 Å². The monoisotopic (exact) mass is 195 g/mol. The number of aryl methyl sites for hydroxylation is 1. The number of nitrogens with zero attached hydrogens (tertiary/aromatic N) is 2. The molecule has 4 nitrogen and oxygen atoms in total. The Labute approximate surface area is 84.1 Å². The normalized spacial score (nSPS) is 27.0. The molecule has 0 radical (unpaired) electrons. The van der Waals surface area contributed by atoms with Crippen molar-refractivity contribution in [2.24, 2.45) is 5.92 Å². The Kier molecular flexibility index (Phi) is 2.82. The van der Waals surface area contributed by atoms with Gasteiger partial charge in [-0.15, -0.1) is 0 Å². The molecule has 0 saturated carbocycles. The van der Waals surface area contributed by atoms with Crippen LogP contribution in [0.1, 0.15) is 37.9 Å². The summed E-state index contributed by atoms with van der Waals surface area (Å²) in [4.78, 5) is 4.41. The average Bonchev–Trinajstić information content (AvgIpc) is 2.74. The van der Waals surface area contributed by atoms with Crippen molar-refractivity contribution in [1.29, 1.82) is 0 Å². The van der Waals surface area contributed by atoms with Crippen molar-refractivity contribution < 1.29 is 4.52 Å². The van der Waals surface area contributed by atoms with Gasteiger partial charge in [-0.1, -0.05) is 19.0 Å². The maximum atomic E-state index is 5.27. The molecule has 1 fully saturated rings. The zero-order valence-corrected chi connectivity index (χ0v) is 8.79. The first-order valence-corrected chi connectivity index (χ1v) is 5.34. The third-order valence-electron chi connectivity index (χ3n) is 2.79. The Morgan fingerprint density at radius 1 is 1.50 bits per heavy atom. The number of hydrogen-bond donors (Lipinski definition) is 1. The molecule has 78 valence electrons. The lowest BCUT2D eigenvalue weighted by Gasteiger charge is -2.07. The van der Waals surface area contributed by atoms with Gasteiger partial charge in [0, 0.05) is 13.0 Å². The second-order valence-corrected chi connectivity index (χ2v) is 4.04. The van der Waals surface area contributed by atoms with E-state index in [1.54, 1.807) is 0 Å². The molecule has 1 aliphatic heterocycles. The van der Waals surface area contributed by atoms with Gasteiger partial charge < -0.3 is 9.84 Å². The van der Waals surface area contributed by atoms with Crippen LogP contribution in [0.5, 0.6) is 0 Å². The summed E-state index contributed by atoms with van der Waals surface area (Å²) in [6.45, 7) is 6.36. The maximum Gasteiger partial charge on any atom is 0.231 e. The van der Waals surface area contributed by atoms with Crippen LogP contribution in [0, 0.1) is 5.92 Å². The quantitative estimate of drug-likeness (QED) is 0.791. The van der Waals surface area contributed by atoms with Gasteiger partial charge in [-0.25, -0.2) is 0 Å².